The molecule has 0 saturated carbocycles. The first kappa shape index (κ1) is 22.3. The number of ketones is 1. The minimum absolute atomic E-state index is 0.0261. The van der Waals surface area contributed by atoms with Crippen molar-refractivity contribution in [2.24, 2.45) is 16.7 Å². The molecule has 1 rings (SSSR count). The number of rotatable bonds is 7. The molecular weight excluding hydrogens is 376 g/mol. The topological polar surface area (TPSA) is 117 Å². The van der Waals surface area contributed by atoms with Crippen LogP contribution in [0.25, 0.3) is 0 Å². The van der Waals surface area contributed by atoms with Crippen molar-refractivity contribution in [1.29, 1.82) is 10.5 Å². The SMILES string of the molecule is CCOC(=O)[C@@]1(C#N)C(SC)(C(=O)C(C)C)SC[C@]1(C#N)C(=O)OCC. The fourth-order valence-corrected chi connectivity index (χ4v) is 6.46. The van der Waals surface area contributed by atoms with Crippen LogP contribution in [0, 0.1) is 39.4 Å². The lowest BCUT2D eigenvalue weighted by atomic mass is 9.62. The molecule has 1 saturated heterocycles. The number of nitriles is 2. The molecule has 9 heteroatoms. The molecule has 26 heavy (non-hydrogen) atoms. The van der Waals surface area contributed by atoms with Crippen molar-refractivity contribution in [3.63, 3.8) is 0 Å². The van der Waals surface area contributed by atoms with E-state index in [-0.39, 0.29) is 19.0 Å². The number of esters is 2. The summed E-state index contributed by atoms with van der Waals surface area (Å²) < 4.78 is 8.47. The van der Waals surface area contributed by atoms with Crippen molar-refractivity contribution < 1.29 is 23.9 Å². The number of hydrogen-bond acceptors (Lipinski definition) is 9. The minimum atomic E-state index is -2.32. The zero-order valence-corrected chi connectivity index (χ0v) is 17.1. The van der Waals surface area contributed by atoms with Gasteiger partial charge in [-0.05, 0) is 20.1 Å². The Morgan fingerprint density at radius 3 is 2.04 bits per heavy atom. The third-order valence-electron chi connectivity index (χ3n) is 4.33. The summed E-state index contributed by atoms with van der Waals surface area (Å²) in [4.78, 5) is 38.8. The minimum Gasteiger partial charge on any atom is -0.465 e. The summed E-state index contributed by atoms with van der Waals surface area (Å²) >= 11 is 1.95. The van der Waals surface area contributed by atoms with E-state index in [0.717, 1.165) is 23.5 Å². The summed E-state index contributed by atoms with van der Waals surface area (Å²) in [5.74, 6) is -3.17. The van der Waals surface area contributed by atoms with E-state index in [1.165, 1.54) is 0 Å². The molecule has 0 aromatic carbocycles. The van der Waals surface area contributed by atoms with Crippen LogP contribution in [0.1, 0.15) is 27.7 Å². The first-order valence-electron chi connectivity index (χ1n) is 8.11. The van der Waals surface area contributed by atoms with E-state index in [9.17, 15) is 24.9 Å². The fraction of sp³-hybridized carbons (Fsp3) is 0.706. The van der Waals surface area contributed by atoms with Gasteiger partial charge in [-0.15, -0.1) is 23.5 Å². The van der Waals surface area contributed by atoms with Gasteiger partial charge >= 0.3 is 11.9 Å². The van der Waals surface area contributed by atoms with Crippen molar-refractivity contribution in [3.8, 4) is 12.1 Å². The smallest absolute Gasteiger partial charge is 0.331 e. The molecule has 0 aromatic rings. The lowest BCUT2D eigenvalue weighted by molar-refractivity contribution is -0.170. The van der Waals surface area contributed by atoms with Crippen LogP contribution in [-0.4, -0.2) is 47.0 Å². The fourth-order valence-electron chi connectivity index (χ4n) is 3.05. The van der Waals surface area contributed by atoms with Crippen LogP contribution in [0.2, 0.25) is 0 Å². The molecule has 7 nitrogen and oxygen atoms in total. The quantitative estimate of drug-likeness (QED) is 0.594. The summed E-state index contributed by atoms with van der Waals surface area (Å²) in [6.45, 7) is 6.31. The number of hydrogen-bond donors (Lipinski definition) is 0. The van der Waals surface area contributed by atoms with Crippen LogP contribution < -0.4 is 0 Å². The van der Waals surface area contributed by atoms with E-state index in [1.54, 1.807) is 34.0 Å². The van der Waals surface area contributed by atoms with Crippen molar-refractivity contribution in [1.82, 2.24) is 0 Å². The third-order valence-corrected chi connectivity index (χ3v) is 7.75. The number of ether oxygens (including phenoxy) is 2. The molecule has 1 aliphatic heterocycles. The van der Waals surface area contributed by atoms with E-state index in [4.69, 9.17) is 9.47 Å². The molecule has 1 fully saturated rings. The second-order valence-corrected chi connectivity index (χ2v) is 8.42. The second-order valence-electron chi connectivity index (χ2n) is 5.95. The Morgan fingerprint density at radius 2 is 1.65 bits per heavy atom. The van der Waals surface area contributed by atoms with Crippen LogP contribution >= 0.6 is 23.5 Å². The molecule has 1 heterocycles. The highest BCUT2D eigenvalue weighted by Gasteiger charge is 2.81. The van der Waals surface area contributed by atoms with Crippen molar-refractivity contribution in [2.75, 3.05) is 25.2 Å². The van der Waals surface area contributed by atoms with Gasteiger partial charge in [0.25, 0.3) is 0 Å². The zero-order valence-electron chi connectivity index (χ0n) is 15.5. The van der Waals surface area contributed by atoms with Gasteiger partial charge in [-0.2, -0.15) is 10.5 Å². The van der Waals surface area contributed by atoms with Gasteiger partial charge in [0.15, 0.2) is 15.3 Å². The van der Waals surface area contributed by atoms with Crippen LogP contribution in [-0.2, 0) is 23.9 Å². The van der Waals surface area contributed by atoms with Crippen molar-refractivity contribution >= 4 is 41.2 Å². The van der Waals surface area contributed by atoms with Gasteiger partial charge < -0.3 is 9.47 Å². The van der Waals surface area contributed by atoms with Crippen molar-refractivity contribution in [3.05, 3.63) is 0 Å². The summed E-state index contributed by atoms with van der Waals surface area (Å²) in [6, 6.07) is 3.70. The molecule has 142 valence electrons. The van der Waals surface area contributed by atoms with Crippen LogP contribution in [0.3, 0.4) is 0 Å². The molecule has 0 aromatic heterocycles. The summed E-state index contributed by atoms with van der Waals surface area (Å²) in [7, 11) is 0. The van der Waals surface area contributed by atoms with Crippen LogP contribution in [0.5, 0.6) is 0 Å². The average Bonchev–Trinajstić information content (AvgIpc) is 2.93. The Labute approximate surface area is 161 Å². The maximum absolute atomic E-state index is 13.1. The molecule has 0 bridgehead atoms. The van der Waals surface area contributed by atoms with E-state index >= 15 is 0 Å². The van der Waals surface area contributed by atoms with Gasteiger partial charge in [-0.25, -0.2) is 0 Å². The average molecular weight is 399 g/mol. The molecule has 1 aliphatic rings. The highest BCUT2D eigenvalue weighted by molar-refractivity contribution is 8.19. The van der Waals surface area contributed by atoms with Gasteiger partial charge in [-0.3, -0.25) is 14.4 Å². The van der Waals surface area contributed by atoms with E-state index in [1.807, 2.05) is 12.1 Å². The van der Waals surface area contributed by atoms with E-state index in [2.05, 4.69) is 0 Å². The molecule has 0 aliphatic carbocycles. The normalized spacial score (nSPS) is 30.3. The number of carbonyl (C=O) groups is 3. The predicted molar refractivity (Wildman–Crippen MR) is 97.9 cm³/mol. The van der Waals surface area contributed by atoms with Gasteiger partial charge in [0.1, 0.15) is 0 Å². The van der Waals surface area contributed by atoms with Gasteiger partial charge in [0.2, 0.25) is 5.41 Å². The number of thioether (sulfide) groups is 2. The van der Waals surface area contributed by atoms with Gasteiger partial charge in [0, 0.05) is 11.7 Å². The Balaban J connectivity index is 3.90. The number of Topliss-reactive ketones (excluding diaryl/α,β-unsaturated/α-hetero) is 1. The van der Waals surface area contributed by atoms with E-state index < -0.39 is 38.5 Å². The third kappa shape index (κ3) is 2.78. The maximum atomic E-state index is 13.1. The summed E-state index contributed by atoms with van der Waals surface area (Å²) in [6.07, 6.45) is 1.58. The summed E-state index contributed by atoms with van der Waals surface area (Å²) in [5, 5.41) is 20.0. The first-order chi connectivity index (χ1) is 12.2. The lowest BCUT2D eigenvalue weighted by Gasteiger charge is -2.41. The maximum Gasteiger partial charge on any atom is 0.331 e. The Hall–Kier alpha value is -1.71. The first-order valence-corrected chi connectivity index (χ1v) is 10.3. The highest BCUT2D eigenvalue weighted by Crippen LogP contribution is 2.67. The van der Waals surface area contributed by atoms with Crippen LogP contribution in [0.4, 0.5) is 0 Å². The standard InChI is InChI=1S/C17H22N2O5S2/c1-6-23-13(21)15(8-18)10-26-17(25-5,12(20)11(3)4)16(15,9-19)14(22)24-7-2/h11H,6-7,10H2,1-5H3/t15-,16-,17?/m1/s1. The molecule has 0 spiro atoms. The molecular formula is C17H22N2O5S2. The van der Waals surface area contributed by atoms with Gasteiger partial charge in [0.05, 0.1) is 25.4 Å². The predicted octanol–water partition coefficient (Wildman–Crippen LogP) is 2.16. The lowest BCUT2D eigenvalue weighted by Crippen LogP contribution is -2.61. The summed E-state index contributed by atoms with van der Waals surface area (Å²) in [5.41, 5.74) is -4.45. The number of carbonyl (C=O) groups excluding carboxylic acids is 3. The largest absolute Gasteiger partial charge is 0.465 e. The molecule has 1 unspecified atom stereocenters. The molecule has 0 amide bonds. The number of nitrogens with zero attached hydrogens (tertiary/aromatic N) is 2. The zero-order chi connectivity index (χ0) is 20.2. The highest BCUT2D eigenvalue weighted by atomic mass is 32.2. The van der Waals surface area contributed by atoms with Crippen molar-refractivity contribution in [2.45, 2.75) is 31.8 Å². The molecule has 0 radical (unpaired) electrons. The van der Waals surface area contributed by atoms with Crippen LogP contribution in [0.15, 0.2) is 0 Å². The van der Waals surface area contributed by atoms with E-state index in [0.29, 0.717) is 0 Å². The second kappa shape index (κ2) is 8.32. The Morgan fingerprint density at radius 1 is 1.12 bits per heavy atom. The monoisotopic (exact) mass is 398 g/mol. The Bertz CT molecular complexity index is 684. The Kier molecular flexibility index (Phi) is 7.15. The van der Waals surface area contributed by atoms with Gasteiger partial charge in [-0.1, -0.05) is 13.8 Å². The molecule has 3 atom stereocenters. The molecule has 0 N–H and O–H groups in total.